The van der Waals surface area contributed by atoms with Crippen LogP contribution in [0.1, 0.15) is 39.5 Å². The fraction of sp³-hybridized carbons (Fsp3) is 0.667. The summed E-state index contributed by atoms with van der Waals surface area (Å²) in [5.74, 6) is -0.751. The Morgan fingerprint density at radius 1 is 1.29 bits per heavy atom. The molecule has 0 radical (unpaired) electrons. The Bertz CT molecular complexity index is 498. The molecule has 2 aliphatic heterocycles. The Kier molecular flexibility index (Phi) is 4.65. The Labute approximate surface area is 124 Å². The molecule has 116 valence electrons. The number of allylic oxidation sites excluding steroid dienone is 1. The highest BCUT2D eigenvalue weighted by atomic mass is 16.5. The first-order chi connectivity index (χ1) is 9.93. The van der Waals surface area contributed by atoms with E-state index in [0.717, 1.165) is 19.3 Å². The van der Waals surface area contributed by atoms with Crippen molar-refractivity contribution in [3.63, 3.8) is 0 Å². The van der Waals surface area contributed by atoms with Crippen LogP contribution in [0.15, 0.2) is 11.3 Å². The third-order valence-corrected chi connectivity index (χ3v) is 4.33. The van der Waals surface area contributed by atoms with Gasteiger partial charge in [-0.2, -0.15) is 0 Å². The maximum atomic E-state index is 12.6. The molecular formula is C15H22N2O4. The summed E-state index contributed by atoms with van der Waals surface area (Å²) >= 11 is 0. The van der Waals surface area contributed by atoms with Gasteiger partial charge in [-0.05, 0) is 32.6 Å². The van der Waals surface area contributed by atoms with Crippen LogP contribution < -0.4 is 5.32 Å². The fourth-order valence-corrected chi connectivity index (χ4v) is 3.15. The van der Waals surface area contributed by atoms with E-state index in [4.69, 9.17) is 4.74 Å². The second-order valence-electron chi connectivity index (χ2n) is 5.73. The Balaban J connectivity index is 2.19. The number of fused-ring (bicyclic) bond motifs is 1. The number of esters is 1. The summed E-state index contributed by atoms with van der Waals surface area (Å²) in [6, 6.07) is 0.139. The van der Waals surface area contributed by atoms with E-state index in [-0.39, 0.29) is 29.7 Å². The molecule has 0 aromatic heterocycles. The van der Waals surface area contributed by atoms with E-state index in [0.29, 0.717) is 24.2 Å². The first kappa shape index (κ1) is 15.5. The number of amides is 2. The molecule has 2 atom stereocenters. The van der Waals surface area contributed by atoms with Crippen molar-refractivity contribution in [2.75, 3.05) is 13.7 Å². The number of piperidine rings is 1. The minimum atomic E-state index is -0.255. The van der Waals surface area contributed by atoms with Crippen molar-refractivity contribution in [3.05, 3.63) is 11.3 Å². The molecule has 0 aromatic rings. The van der Waals surface area contributed by atoms with Crippen LogP contribution in [0.5, 0.6) is 0 Å². The van der Waals surface area contributed by atoms with Crippen molar-refractivity contribution in [2.24, 2.45) is 5.92 Å². The van der Waals surface area contributed by atoms with Crippen LogP contribution in [0.25, 0.3) is 0 Å². The molecule has 2 heterocycles. The summed E-state index contributed by atoms with van der Waals surface area (Å²) in [4.78, 5) is 37.3. The highest BCUT2D eigenvalue weighted by Crippen LogP contribution is 2.31. The fourth-order valence-electron chi connectivity index (χ4n) is 3.15. The number of carbonyl (C=O) groups excluding carboxylic acids is 3. The van der Waals surface area contributed by atoms with E-state index in [1.54, 1.807) is 11.8 Å². The molecule has 1 saturated heterocycles. The number of hydrogen-bond donors (Lipinski definition) is 1. The van der Waals surface area contributed by atoms with E-state index in [9.17, 15) is 14.4 Å². The van der Waals surface area contributed by atoms with Gasteiger partial charge in [0.2, 0.25) is 5.91 Å². The van der Waals surface area contributed by atoms with Gasteiger partial charge in [-0.1, -0.05) is 0 Å². The SMILES string of the molecule is COC(=O)C1CCC2CCC(NC(C)=O)=C(C)C(=O)N2C1. The van der Waals surface area contributed by atoms with Gasteiger partial charge in [0.05, 0.1) is 13.0 Å². The second kappa shape index (κ2) is 6.28. The molecule has 2 aliphatic rings. The smallest absolute Gasteiger partial charge is 0.310 e. The number of hydrogen-bond acceptors (Lipinski definition) is 4. The molecule has 1 N–H and O–H groups in total. The predicted octanol–water partition coefficient (Wildman–Crippen LogP) is 0.970. The molecule has 2 unspecified atom stereocenters. The zero-order valence-electron chi connectivity index (χ0n) is 12.8. The minimum Gasteiger partial charge on any atom is -0.469 e. The van der Waals surface area contributed by atoms with Gasteiger partial charge in [0.15, 0.2) is 0 Å². The van der Waals surface area contributed by atoms with Gasteiger partial charge in [0.25, 0.3) is 5.91 Å². The van der Waals surface area contributed by atoms with Crippen molar-refractivity contribution in [2.45, 2.75) is 45.6 Å². The summed E-state index contributed by atoms with van der Waals surface area (Å²) in [7, 11) is 1.37. The molecule has 1 fully saturated rings. The van der Waals surface area contributed by atoms with Crippen molar-refractivity contribution >= 4 is 17.8 Å². The van der Waals surface area contributed by atoms with Crippen molar-refractivity contribution in [3.8, 4) is 0 Å². The summed E-state index contributed by atoms with van der Waals surface area (Å²) in [6.07, 6.45) is 3.04. The van der Waals surface area contributed by atoms with Crippen LogP contribution in [0.4, 0.5) is 0 Å². The lowest BCUT2D eigenvalue weighted by molar-refractivity contribution is -0.149. The third-order valence-electron chi connectivity index (χ3n) is 4.33. The van der Waals surface area contributed by atoms with Crippen molar-refractivity contribution < 1.29 is 19.1 Å². The van der Waals surface area contributed by atoms with Crippen molar-refractivity contribution in [1.82, 2.24) is 10.2 Å². The quantitative estimate of drug-likeness (QED) is 0.770. The lowest BCUT2D eigenvalue weighted by atomic mass is 9.91. The molecule has 0 spiro atoms. The number of rotatable bonds is 2. The monoisotopic (exact) mass is 294 g/mol. The Morgan fingerprint density at radius 2 is 2.00 bits per heavy atom. The highest BCUT2D eigenvalue weighted by Gasteiger charge is 2.37. The summed E-state index contributed by atoms with van der Waals surface area (Å²) in [5.41, 5.74) is 1.27. The molecule has 0 bridgehead atoms. The van der Waals surface area contributed by atoms with Crippen LogP contribution in [-0.4, -0.2) is 42.4 Å². The van der Waals surface area contributed by atoms with Gasteiger partial charge in [-0.3, -0.25) is 14.4 Å². The Morgan fingerprint density at radius 3 is 2.62 bits per heavy atom. The van der Waals surface area contributed by atoms with Gasteiger partial charge in [-0.15, -0.1) is 0 Å². The van der Waals surface area contributed by atoms with E-state index >= 15 is 0 Å². The average Bonchev–Trinajstić information content (AvgIpc) is 2.58. The van der Waals surface area contributed by atoms with Gasteiger partial charge in [0.1, 0.15) is 0 Å². The predicted molar refractivity (Wildman–Crippen MR) is 76.0 cm³/mol. The molecule has 21 heavy (non-hydrogen) atoms. The molecule has 2 amide bonds. The Hall–Kier alpha value is -1.85. The van der Waals surface area contributed by atoms with Gasteiger partial charge in [-0.25, -0.2) is 0 Å². The van der Waals surface area contributed by atoms with Gasteiger partial charge < -0.3 is 15.0 Å². The normalized spacial score (nSPS) is 26.0. The van der Waals surface area contributed by atoms with E-state index in [2.05, 4.69) is 5.32 Å². The van der Waals surface area contributed by atoms with Crippen LogP contribution in [0, 0.1) is 5.92 Å². The van der Waals surface area contributed by atoms with Crippen LogP contribution in [-0.2, 0) is 19.1 Å². The zero-order valence-corrected chi connectivity index (χ0v) is 12.8. The van der Waals surface area contributed by atoms with E-state index < -0.39 is 0 Å². The zero-order chi connectivity index (χ0) is 15.6. The van der Waals surface area contributed by atoms with Gasteiger partial charge >= 0.3 is 5.97 Å². The molecule has 6 heteroatoms. The summed E-state index contributed by atoms with van der Waals surface area (Å²) in [5, 5.41) is 2.76. The summed E-state index contributed by atoms with van der Waals surface area (Å²) < 4.78 is 4.79. The number of nitrogens with zero attached hydrogens (tertiary/aromatic N) is 1. The summed E-state index contributed by atoms with van der Waals surface area (Å²) in [6.45, 7) is 3.58. The van der Waals surface area contributed by atoms with E-state index in [1.165, 1.54) is 14.0 Å². The van der Waals surface area contributed by atoms with Crippen LogP contribution >= 0.6 is 0 Å². The van der Waals surface area contributed by atoms with Crippen LogP contribution in [0.2, 0.25) is 0 Å². The molecule has 0 aliphatic carbocycles. The standard InChI is InChI=1S/C15H22N2O4/c1-9-13(16-10(2)18)7-6-12-5-4-11(15(20)21-3)8-17(12)14(9)19/h11-12H,4-8H2,1-3H3,(H,16,18). The highest BCUT2D eigenvalue weighted by molar-refractivity contribution is 5.95. The maximum absolute atomic E-state index is 12.6. The minimum absolute atomic E-state index is 0.0881. The number of nitrogens with one attached hydrogen (secondary N) is 1. The molecule has 6 nitrogen and oxygen atoms in total. The van der Waals surface area contributed by atoms with Crippen molar-refractivity contribution in [1.29, 1.82) is 0 Å². The third kappa shape index (κ3) is 3.25. The lowest BCUT2D eigenvalue weighted by Crippen LogP contribution is -2.48. The largest absolute Gasteiger partial charge is 0.469 e. The number of methoxy groups -OCH3 is 1. The molecule has 2 rings (SSSR count). The number of ether oxygens (including phenoxy) is 1. The maximum Gasteiger partial charge on any atom is 0.310 e. The molecule has 0 saturated carbocycles. The van der Waals surface area contributed by atoms with Crippen LogP contribution in [0.3, 0.4) is 0 Å². The lowest BCUT2D eigenvalue weighted by Gasteiger charge is -2.37. The molecular weight excluding hydrogens is 272 g/mol. The van der Waals surface area contributed by atoms with Gasteiger partial charge in [0, 0.05) is 30.8 Å². The average molecular weight is 294 g/mol. The van der Waals surface area contributed by atoms with E-state index in [1.807, 2.05) is 0 Å². The first-order valence-electron chi connectivity index (χ1n) is 7.30. The first-order valence-corrected chi connectivity index (χ1v) is 7.30. The molecule has 0 aromatic carbocycles. The second-order valence-corrected chi connectivity index (χ2v) is 5.73. The topological polar surface area (TPSA) is 75.7 Å². The number of carbonyl (C=O) groups is 3.